The second kappa shape index (κ2) is 7.02. The molecular formula is C15H24N2O2. The summed E-state index contributed by atoms with van der Waals surface area (Å²) in [6, 6.07) is 5.75. The summed E-state index contributed by atoms with van der Waals surface area (Å²) in [4.78, 5) is 12.0. The van der Waals surface area contributed by atoms with Crippen molar-refractivity contribution >= 4 is 11.6 Å². The normalized spacial score (nSPS) is 13.5. The maximum atomic E-state index is 12.0. The fourth-order valence-corrected chi connectivity index (χ4v) is 1.70. The highest BCUT2D eigenvalue weighted by Crippen LogP contribution is 2.25. The molecule has 4 nitrogen and oxygen atoms in total. The summed E-state index contributed by atoms with van der Waals surface area (Å²) in [6.45, 7) is 7.90. The molecule has 1 rings (SSSR count). The number of aryl methyl sites for hydroxylation is 1. The van der Waals surface area contributed by atoms with E-state index in [0.717, 1.165) is 23.4 Å². The van der Waals surface area contributed by atoms with Crippen molar-refractivity contribution in [3.63, 3.8) is 0 Å². The van der Waals surface area contributed by atoms with E-state index in [1.54, 1.807) is 7.11 Å². The Bertz CT molecular complexity index is 432. The Labute approximate surface area is 115 Å². The van der Waals surface area contributed by atoms with E-state index in [2.05, 4.69) is 10.6 Å². The number of hydrogen-bond acceptors (Lipinski definition) is 3. The third-order valence-electron chi connectivity index (χ3n) is 3.12. The quantitative estimate of drug-likeness (QED) is 0.830. The van der Waals surface area contributed by atoms with Crippen LogP contribution in [0.15, 0.2) is 18.2 Å². The third-order valence-corrected chi connectivity index (χ3v) is 3.12. The Hall–Kier alpha value is -1.71. The van der Waals surface area contributed by atoms with Crippen LogP contribution in [-0.4, -0.2) is 25.1 Å². The molecule has 2 N–H and O–H groups in total. The molecule has 0 fully saturated rings. The average molecular weight is 264 g/mol. The number of hydrogen-bond donors (Lipinski definition) is 2. The Kier molecular flexibility index (Phi) is 5.67. The number of methoxy groups -OCH3 is 1. The van der Waals surface area contributed by atoms with E-state index in [4.69, 9.17) is 4.74 Å². The molecule has 0 aliphatic heterocycles. The van der Waals surface area contributed by atoms with Crippen molar-refractivity contribution in [1.29, 1.82) is 0 Å². The molecule has 2 atom stereocenters. The van der Waals surface area contributed by atoms with Gasteiger partial charge < -0.3 is 15.4 Å². The van der Waals surface area contributed by atoms with Crippen LogP contribution in [0.25, 0.3) is 0 Å². The number of carbonyl (C=O) groups is 1. The van der Waals surface area contributed by atoms with Gasteiger partial charge in [0.1, 0.15) is 11.8 Å². The zero-order chi connectivity index (χ0) is 14.4. The maximum absolute atomic E-state index is 12.0. The van der Waals surface area contributed by atoms with Gasteiger partial charge in [-0.1, -0.05) is 13.0 Å². The number of ether oxygens (including phenoxy) is 1. The lowest BCUT2D eigenvalue weighted by Gasteiger charge is -2.20. The Morgan fingerprint density at radius 2 is 2.05 bits per heavy atom. The van der Waals surface area contributed by atoms with Gasteiger partial charge in [0.2, 0.25) is 5.91 Å². The van der Waals surface area contributed by atoms with Crippen molar-refractivity contribution in [2.24, 2.45) is 0 Å². The first-order valence-electron chi connectivity index (χ1n) is 6.69. The van der Waals surface area contributed by atoms with Gasteiger partial charge in [-0.25, -0.2) is 0 Å². The minimum absolute atomic E-state index is 0.00194. The predicted octanol–water partition coefficient (Wildman–Crippen LogP) is 2.72. The van der Waals surface area contributed by atoms with Crippen molar-refractivity contribution in [3.8, 4) is 5.75 Å². The van der Waals surface area contributed by atoms with Gasteiger partial charge in [0.25, 0.3) is 0 Å². The summed E-state index contributed by atoms with van der Waals surface area (Å²) in [5.74, 6) is 0.742. The highest BCUT2D eigenvalue weighted by atomic mass is 16.5. The van der Waals surface area contributed by atoms with Crippen LogP contribution in [0.4, 0.5) is 5.69 Å². The van der Waals surface area contributed by atoms with Crippen LogP contribution >= 0.6 is 0 Å². The van der Waals surface area contributed by atoms with Crippen LogP contribution in [0.5, 0.6) is 5.75 Å². The van der Waals surface area contributed by atoms with Crippen molar-refractivity contribution in [1.82, 2.24) is 5.32 Å². The summed E-state index contributed by atoms with van der Waals surface area (Å²) in [6.07, 6.45) is 0.923. The Morgan fingerprint density at radius 1 is 1.37 bits per heavy atom. The van der Waals surface area contributed by atoms with Gasteiger partial charge in [0.05, 0.1) is 12.8 Å². The van der Waals surface area contributed by atoms with Gasteiger partial charge in [-0.3, -0.25) is 4.79 Å². The number of amides is 1. The molecule has 2 unspecified atom stereocenters. The maximum Gasteiger partial charge on any atom is 0.242 e. The molecule has 106 valence electrons. The van der Waals surface area contributed by atoms with Crippen LogP contribution < -0.4 is 15.4 Å². The molecule has 0 spiro atoms. The topological polar surface area (TPSA) is 50.4 Å². The fraction of sp³-hybridized carbons (Fsp3) is 0.533. The monoisotopic (exact) mass is 264 g/mol. The van der Waals surface area contributed by atoms with Crippen LogP contribution in [0.1, 0.15) is 32.8 Å². The number of nitrogens with one attached hydrogen (secondary N) is 2. The molecule has 0 bridgehead atoms. The number of anilines is 1. The molecule has 19 heavy (non-hydrogen) atoms. The molecule has 0 aliphatic carbocycles. The number of carbonyl (C=O) groups excluding carboxylic acids is 1. The van der Waals surface area contributed by atoms with Crippen LogP contribution in [0, 0.1) is 6.92 Å². The summed E-state index contributed by atoms with van der Waals surface area (Å²) < 4.78 is 5.29. The molecule has 0 saturated heterocycles. The van der Waals surface area contributed by atoms with Gasteiger partial charge in [-0.15, -0.1) is 0 Å². The van der Waals surface area contributed by atoms with Crippen molar-refractivity contribution in [2.45, 2.75) is 46.2 Å². The average Bonchev–Trinajstić information content (AvgIpc) is 2.38. The standard InChI is InChI=1S/C15H24N2O2/c1-6-11(3)16-15(18)12(4)17-13-9-10(2)7-8-14(13)19-5/h7-9,11-12,17H,6H2,1-5H3,(H,16,18). The molecule has 0 heterocycles. The molecule has 0 radical (unpaired) electrons. The van der Waals surface area contributed by atoms with Crippen LogP contribution in [-0.2, 0) is 4.79 Å². The first kappa shape index (κ1) is 15.3. The fourth-order valence-electron chi connectivity index (χ4n) is 1.70. The molecule has 1 aromatic rings. The summed E-state index contributed by atoms with van der Waals surface area (Å²) in [7, 11) is 1.62. The van der Waals surface area contributed by atoms with E-state index in [-0.39, 0.29) is 18.0 Å². The van der Waals surface area contributed by atoms with Crippen LogP contribution in [0.2, 0.25) is 0 Å². The molecule has 1 amide bonds. The highest BCUT2D eigenvalue weighted by molar-refractivity contribution is 5.85. The minimum atomic E-state index is -0.301. The van der Waals surface area contributed by atoms with E-state index in [1.165, 1.54) is 0 Å². The van der Waals surface area contributed by atoms with Gasteiger partial charge >= 0.3 is 0 Å². The largest absolute Gasteiger partial charge is 0.495 e. The van der Waals surface area contributed by atoms with Gasteiger partial charge in [-0.05, 0) is 44.9 Å². The van der Waals surface area contributed by atoms with E-state index in [0.29, 0.717) is 0 Å². The van der Waals surface area contributed by atoms with Gasteiger partial charge in [0.15, 0.2) is 0 Å². The lowest BCUT2D eigenvalue weighted by molar-refractivity contribution is -0.122. The van der Waals surface area contributed by atoms with E-state index < -0.39 is 0 Å². The van der Waals surface area contributed by atoms with E-state index in [1.807, 2.05) is 45.9 Å². The Morgan fingerprint density at radius 3 is 2.63 bits per heavy atom. The lowest BCUT2D eigenvalue weighted by Crippen LogP contribution is -2.41. The molecule has 1 aromatic carbocycles. The Balaban J connectivity index is 2.73. The zero-order valence-corrected chi connectivity index (χ0v) is 12.4. The first-order valence-corrected chi connectivity index (χ1v) is 6.69. The summed E-state index contributed by atoms with van der Waals surface area (Å²) >= 11 is 0. The molecule has 4 heteroatoms. The third kappa shape index (κ3) is 4.47. The molecule has 0 aromatic heterocycles. The van der Waals surface area contributed by atoms with Gasteiger partial charge in [0, 0.05) is 6.04 Å². The van der Waals surface area contributed by atoms with Gasteiger partial charge in [-0.2, -0.15) is 0 Å². The first-order chi connectivity index (χ1) is 8.97. The zero-order valence-electron chi connectivity index (χ0n) is 12.4. The summed E-state index contributed by atoms with van der Waals surface area (Å²) in [5.41, 5.74) is 1.96. The van der Waals surface area contributed by atoms with E-state index in [9.17, 15) is 4.79 Å². The molecular weight excluding hydrogens is 240 g/mol. The molecule has 0 aliphatic rings. The second-order valence-corrected chi connectivity index (χ2v) is 4.89. The SMILES string of the molecule is CCC(C)NC(=O)C(C)Nc1cc(C)ccc1OC. The van der Waals surface area contributed by atoms with Crippen molar-refractivity contribution in [3.05, 3.63) is 23.8 Å². The van der Waals surface area contributed by atoms with Crippen LogP contribution in [0.3, 0.4) is 0 Å². The highest BCUT2D eigenvalue weighted by Gasteiger charge is 2.16. The number of benzene rings is 1. The lowest BCUT2D eigenvalue weighted by atomic mass is 10.1. The second-order valence-electron chi connectivity index (χ2n) is 4.89. The minimum Gasteiger partial charge on any atom is -0.495 e. The van der Waals surface area contributed by atoms with Crippen molar-refractivity contribution in [2.75, 3.05) is 12.4 Å². The number of rotatable bonds is 6. The predicted molar refractivity (Wildman–Crippen MR) is 78.7 cm³/mol. The molecule has 0 saturated carbocycles. The van der Waals surface area contributed by atoms with Crippen molar-refractivity contribution < 1.29 is 9.53 Å². The summed E-state index contributed by atoms with van der Waals surface area (Å²) in [5, 5.41) is 6.15. The van der Waals surface area contributed by atoms with E-state index >= 15 is 0 Å². The smallest absolute Gasteiger partial charge is 0.242 e.